The molecule has 0 aliphatic carbocycles. The van der Waals surface area contributed by atoms with E-state index in [1.807, 2.05) is 6.07 Å². The van der Waals surface area contributed by atoms with Crippen molar-refractivity contribution in [1.82, 2.24) is 15.1 Å². The molecule has 0 bridgehead atoms. The Labute approximate surface area is 181 Å². The zero-order chi connectivity index (χ0) is 19.2. The van der Waals surface area contributed by atoms with Crippen LogP contribution in [0.5, 0.6) is 0 Å². The SMILES string of the molecule is CN=C(NCCCN(C)Cc1ccccc1)N1CCS(=O)(=O)C(C)(C)C1.I. The third-order valence-electron chi connectivity index (χ3n) is 4.85. The monoisotopic (exact) mass is 508 g/mol. The second-order valence-electron chi connectivity index (χ2n) is 7.55. The molecule has 0 saturated carbocycles. The van der Waals surface area contributed by atoms with Crippen molar-refractivity contribution in [2.24, 2.45) is 4.99 Å². The maximum atomic E-state index is 12.2. The Morgan fingerprint density at radius 1 is 1.30 bits per heavy atom. The second-order valence-corrected chi connectivity index (χ2v) is 10.3. The van der Waals surface area contributed by atoms with Crippen molar-refractivity contribution in [2.45, 2.75) is 31.6 Å². The fraction of sp³-hybridized carbons (Fsp3) is 0.632. The Bertz CT molecular complexity index is 708. The number of benzene rings is 1. The minimum atomic E-state index is -3.03. The van der Waals surface area contributed by atoms with Gasteiger partial charge in [0.15, 0.2) is 15.8 Å². The first-order valence-corrected chi connectivity index (χ1v) is 10.8. The van der Waals surface area contributed by atoms with Gasteiger partial charge >= 0.3 is 0 Å². The van der Waals surface area contributed by atoms with E-state index in [0.717, 1.165) is 32.0 Å². The van der Waals surface area contributed by atoms with Gasteiger partial charge in [0.2, 0.25) is 0 Å². The van der Waals surface area contributed by atoms with Gasteiger partial charge in [-0.2, -0.15) is 0 Å². The van der Waals surface area contributed by atoms with Gasteiger partial charge < -0.3 is 15.1 Å². The number of guanidine groups is 1. The molecule has 0 amide bonds. The van der Waals surface area contributed by atoms with E-state index < -0.39 is 14.6 Å². The summed E-state index contributed by atoms with van der Waals surface area (Å²) in [6.07, 6.45) is 0.998. The van der Waals surface area contributed by atoms with Crippen molar-refractivity contribution in [2.75, 3.05) is 46.0 Å². The molecule has 1 fully saturated rings. The van der Waals surface area contributed by atoms with Gasteiger partial charge in [0.25, 0.3) is 0 Å². The Morgan fingerprint density at radius 3 is 2.56 bits per heavy atom. The second kappa shape index (κ2) is 10.6. The molecule has 1 aromatic rings. The molecule has 27 heavy (non-hydrogen) atoms. The zero-order valence-corrected chi connectivity index (χ0v) is 20.0. The van der Waals surface area contributed by atoms with E-state index in [0.29, 0.717) is 13.1 Å². The summed E-state index contributed by atoms with van der Waals surface area (Å²) in [6, 6.07) is 10.4. The van der Waals surface area contributed by atoms with Crippen LogP contribution >= 0.6 is 24.0 Å². The van der Waals surface area contributed by atoms with Crippen LogP contribution in [0.1, 0.15) is 25.8 Å². The minimum Gasteiger partial charge on any atom is -0.356 e. The lowest BCUT2D eigenvalue weighted by molar-refractivity contribution is 0.319. The highest BCUT2D eigenvalue weighted by atomic mass is 127. The van der Waals surface area contributed by atoms with Crippen LogP contribution in [0.25, 0.3) is 0 Å². The molecule has 1 aliphatic rings. The molecule has 1 aromatic carbocycles. The third-order valence-corrected chi connectivity index (χ3v) is 7.38. The average Bonchev–Trinajstić information content (AvgIpc) is 2.58. The number of halogens is 1. The molecule has 1 N–H and O–H groups in total. The number of hydrogen-bond donors (Lipinski definition) is 1. The van der Waals surface area contributed by atoms with Crippen LogP contribution in [0.3, 0.4) is 0 Å². The van der Waals surface area contributed by atoms with Gasteiger partial charge in [-0.05, 0) is 39.4 Å². The lowest BCUT2D eigenvalue weighted by Crippen LogP contribution is -2.57. The maximum absolute atomic E-state index is 12.2. The van der Waals surface area contributed by atoms with E-state index in [9.17, 15) is 8.42 Å². The molecule has 2 rings (SSSR count). The lowest BCUT2D eigenvalue weighted by Gasteiger charge is -2.39. The van der Waals surface area contributed by atoms with Crippen LogP contribution in [0.2, 0.25) is 0 Å². The summed E-state index contributed by atoms with van der Waals surface area (Å²) in [7, 11) is 0.842. The Hall–Kier alpha value is -0.870. The fourth-order valence-corrected chi connectivity index (χ4v) is 4.55. The molecule has 0 radical (unpaired) electrons. The van der Waals surface area contributed by atoms with Crippen molar-refractivity contribution in [3.05, 3.63) is 35.9 Å². The van der Waals surface area contributed by atoms with E-state index >= 15 is 0 Å². The number of hydrogen-bond acceptors (Lipinski definition) is 4. The van der Waals surface area contributed by atoms with Crippen LogP contribution in [0.4, 0.5) is 0 Å². The molecule has 6 nitrogen and oxygen atoms in total. The van der Waals surface area contributed by atoms with Crippen LogP contribution in [0, 0.1) is 0 Å². The highest BCUT2D eigenvalue weighted by Gasteiger charge is 2.40. The molecule has 0 unspecified atom stereocenters. The molecule has 1 heterocycles. The van der Waals surface area contributed by atoms with E-state index in [2.05, 4.69) is 51.4 Å². The van der Waals surface area contributed by atoms with Gasteiger partial charge in [0, 0.05) is 33.2 Å². The van der Waals surface area contributed by atoms with Gasteiger partial charge in [-0.1, -0.05) is 30.3 Å². The number of sulfone groups is 1. The normalized spacial score (nSPS) is 18.9. The van der Waals surface area contributed by atoms with Gasteiger partial charge in [-0.25, -0.2) is 8.42 Å². The standard InChI is InChI=1S/C19H32N4O2S.HI/c1-19(2)16-23(13-14-26(19,24)25)18(20-3)21-11-8-12-22(4)15-17-9-6-5-7-10-17;/h5-7,9-10H,8,11-16H2,1-4H3,(H,20,21);1H. The molecule has 0 spiro atoms. The Morgan fingerprint density at radius 2 is 1.96 bits per heavy atom. The predicted octanol–water partition coefficient (Wildman–Crippen LogP) is 2.21. The van der Waals surface area contributed by atoms with Crippen LogP contribution in [-0.4, -0.2) is 75.0 Å². The van der Waals surface area contributed by atoms with Crippen molar-refractivity contribution in [3.63, 3.8) is 0 Å². The largest absolute Gasteiger partial charge is 0.356 e. The Balaban J connectivity index is 0.00000364. The van der Waals surface area contributed by atoms with Gasteiger partial charge in [0.1, 0.15) is 0 Å². The molecular weight excluding hydrogens is 475 g/mol. The first-order valence-electron chi connectivity index (χ1n) is 9.15. The summed E-state index contributed by atoms with van der Waals surface area (Å²) in [5.41, 5.74) is 1.32. The summed E-state index contributed by atoms with van der Waals surface area (Å²) in [5, 5.41) is 3.38. The van der Waals surface area contributed by atoms with E-state index in [1.165, 1.54) is 5.56 Å². The number of aliphatic imine (C=N–C) groups is 1. The number of rotatable bonds is 6. The topological polar surface area (TPSA) is 65.0 Å². The van der Waals surface area contributed by atoms with Crippen LogP contribution < -0.4 is 5.32 Å². The quantitative estimate of drug-likeness (QED) is 0.276. The summed E-state index contributed by atoms with van der Waals surface area (Å²) < 4.78 is 23.6. The van der Waals surface area contributed by atoms with E-state index in [4.69, 9.17) is 0 Å². The summed E-state index contributed by atoms with van der Waals surface area (Å²) >= 11 is 0. The van der Waals surface area contributed by atoms with Crippen LogP contribution in [0.15, 0.2) is 35.3 Å². The first-order chi connectivity index (χ1) is 12.2. The minimum absolute atomic E-state index is 0. The van der Waals surface area contributed by atoms with Gasteiger partial charge in [0.05, 0.1) is 10.5 Å². The molecule has 154 valence electrons. The molecule has 1 saturated heterocycles. The van der Waals surface area contributed by atoms with Crippen molar-refractivity contribution < 1.29 is 8.42 Å². The van der Waals surface area contributed by atoms with Crippen molar-refractivity contribution in [1.29, 1.82) is 0 Å². The molecule has 0 aromatic heterocycles. The smallest absolute Gasteiger partial charge is 0.193 e. The first kappa shape index (κ1) is 24.2. The molecule has 1 aliphatic heterocycles. The predicted molar refractivity (Wildman–Crippen MR) is 124 cm³/mol. The fourth-order valence-electron chi connectivity index (χ4n) is 3.18. The number of nitrogens with one attached hydrogen (secondary N) is 1. The van der Waals surface area contributed by atoms with E-state index in [1.54, 1.807) is 20.9 Å². The zero-order valence-electron chi connectivity index (χ0n) is 16.8. The third kappa shape index (κ3) is 6.90. The molecular formula is C19H33IN4O2S. The summed E-state index contributed by atoms with van der Waals surface area (Å²) in [5.74, 6) is 0.972. The summed E-state index contributed by atoms with van der Waals surface area (Å²) in [6.45, 7) is 7.30. The Kier molecular flexibility index (Phi) is 9.50. The maximum Gasteiger partial charge on any atom is 0.193 e. The highest BCUT2D eigenvalue weighted by molar-refractivity contribution is 14.0. The molecule has 8 heteroatoms. The molecule has 0 atom stereocenters. The number of nitrogens with zero attached hydrogens (tertiary/aromatic N) is 3. The van der Waals surface area contributed by atoms with Gasteiger partial charge in [-0.3, -0.25) is 4.99 Å². The van der Waals surface area contributed by atoms with Crippen molar-refractivity contribution >= 4 is 39.8 Å². The van der Waals surface area contributed by atoms with Crippen LogP contribution in [-0.2, 0) is 16.4 Å². The van der Waals surface area contributed by atoms with E-state index in [-0.39, 0.29) is 29.7 Å². The highest BCUT2D eigenvalue weighted by Crippen LogP contribution is 2.23. The summed E-state index contributed by atoms with van der Waals surface area (Å²) in [4.78, 5) is 8.68. The average molecular weight is 508 g/mol. The lowest BCUT2D eigenvalue weighted by atomic mass is 10.2. The van der Waals surface area contributed by atoms with Crippen molar-refractivity contribution in [3.8, 4) is 0 Å². The van der Waals surface area contributed by atoms with Gasteiger partial charge in [-0.15, -0.1) is 24.0 Å².